The molecule has 1 aromatic carbocycles. The van der Waals surface area contributed by atoms with Crippen molar-refractivity contribution in [3.63, 3.8) is 0 Å². The minimum atomic E-state index is -0.641. The van der Waals surface area contributed by atoms with Crippen molar-refractivity contribution in [2.75, 3.05) is 19.6 Å². The third-order valence-corrected chi connectivity index (χ3v) is 4.69. The second-order valence-electron chi connectivity index (χ2n) is 7.05. The largest absolute Gasteiger partial charge is 0.358 e. The van der Waals surface area contributed by atoms with Crippen LogP contribution in [0.5, 0.6) is 0 Å². The van der Waals surface area contributed by atoms with Crippen molar-refractivity contribution in [1.29, 1.82) is 0 Å². The maximum absolute atomic E-state index is 13.8. The number of fused-ring (bicyclic) bond motifs is 1. The van der Waals surface area contributed by atoms with Gasteiger partial charge in [-0.25, -0.2) is 4.39 Å². The van der Waals surface area contributed by atoms with Crippen molar-refractivity contribution in [3.8, 4) is 0 Å². The summed E-state index contributed by atoms with van der Waals surface area (Å²) in [4.78, 5) is 43.9. The Bertz CT molecular complexity index is 922. The average Bonchev–Trinajstić information content (AvgIpc) is 2.59. The number of H-pyrrole nitrogens is 1. The second kappa shape index (κ2) is 6.90. The molecule has 1 saturated heterocycles. The average molecular weight is 359 g/mol. The molecule has 2 aromatic rings. The third-order valence-electron chi connectivity index (χ3n) is 4.69. The second-order valence-corrected chi connectivity index (χ2v) is 7.05. The first-order chi connectivity index (χ1) is 12.3. The number of halogens is 1. The Hall–Kier alpha value is -2.70. The molecule has 0 spiro atoms. The molecule has 2 amide bonds. The summed E-state index contributed by atoms with van der Waals surface area (Å²) < 4.78 is 13.8. The number of benzene rings is 1. The monoisotopic (exact) mass is 359 g/mol. The summed E-state index contributed by atoms with van der Waals surface area (Å²) in [5.41, 5.74) is -0.549. The molecule has 1 aromatic heterocycles. The first-order valence-electron chi connectivity index (χ1n) is 8.71. The lowest BCUT2D eigenvalue weighted by Gasteiger charge is -2.39. The van der Waals surface area contributed by atoms with Gasteiger partial charge in [-0.15, -0.1) is 0 Å². The first kappa shape index (κ1) is 18.1. The molecule has 138 valence electrons. The SMILES string of the molecule is CC(C)CN1CCN(C(=O)c2c[nH]c3c(F)cccc3c2=O)C(C)C1=O. The van der Waals surface area contributed by atoms with E-state index in [0.29, 0.717) is 25.6 Å². The van der Waals surface area contributed by atoms with Crippen LogP contribution >= 0.6 is 0 Å². The lowest BCUT2D eigenvalue weighted by atomic mass is 10.1. The molecule has 1 unspecified atom stereocenters. The number of aromatic amines is 1. The van der Waals surface area contributed by atoms with Gasteiger partial charge < -0.3 is 14.8 Å². The summed E-state index contributed by atoms with van der Waals surface area (Å²) in [6, 6.07) is 3.51. The highest BCUT2D eigenvalue weighted by Gasteiger charge is 2.35. The number of rotatable bonds is 3. The minimum Gasteiger partial charge on any atom is -0.358 e. The van der Waals surface area contributed by atoms with Crippen LogP contribution in [0.1, 0.15) is 31.1 Å². The predicted molar refractivity (Wildman–Crippen MR) is 96.4 cm³/mol. The number of nitrogens with zero attached hydrogens (tertiary/aromatic N) is 2. The summed E-state index contributed by atoms with van der Waals surface area (Å²) in [5, 5.41) is 0.119. The van der Waals surface area contributed by atoms with Crippen LogP contribution in [0, 0.1) is 11.7 Å². The van der Waals surface area contributed by atoms with Gasteiger partial charge >= 0.3 is 0 Å². The van der Waals surface area contributed by atoms with Crippen LogP contribution in [0.4, 0.5) is 4.39 Å². The topological polar surface area (TPSA) is 73.5 Å². The molecule has 1 N–H and O–H groups in total. The van der Waals surface area contributed by atoms with Gasteiger partial charge in [0.1, 0.15) is 17.4 Å². The normalized spacial score (nSPS) is 18.0. The van der Waals surface area contributed by atoms with E-state index in [2.05, 4.69) is 4.98 Å². The van der Waals surface area contributed by atoms with E-state index in [0.717, 1.165) is 0 Å². The van der Waals surface area contributed by atoms with Gasteiger partial charge in [0.15, 0.2) is 0 Å². The van der Waals surface area contributed by atoms with E-state index in [9.17, 15) is 18.8 Å². The number of hydrogen-bond acceptors (Lipinski definition) is 3. The van der Waals surface area contributed by atoms with Crippen LogP contribution in [-0.2, 0) is 4.79 Å². The van der Waals surface area contributed by atoms with E-state index in [-0.39, 0.29) is 22.4 Å². The Labute approximate surface area is 150 Å². The Morgan fingerprint density at radius 2 is 2.04 bits per heavy atom. The Kier molecular flexibility index (Phi) is 4.80. The number of piperazine rings is 1. The Morgan fingerprint density at radius 3 is 2.73 bits per heavy atom. The van der Waals surface area contributed by atoms with Crippen LogP contribution in [-0.4, -0.2) is 52.3 Å². The van der Waals surface area contributed by atoms with Crippen LogP contribution in [0.3, 0.4) is 0 Å². The van der Waals surface area contributed by atoms with Crippen molar-refractivity contribution in [2.24, 2.45) is 5.92 Å². The maximum Gasteiger partial charge on any atom is 0.260 e. The molecule has 0 bridgehead atoms. The summed E-state index contributed by atoms with van der Waals surface area (Å²) in [5.74, 6) is -0.847. The molecule has 1 atom stereocenters. The zero-order chi connectivity index (χ0) is 19.0. The van der Waals surface area contributed by atoms with Crippen LogP contribution in [0.15, 0.2) is 29.2 Å². The summed E-state index contributed by atoms with van der Waals surface area (Å²) in [6.07, 6.45) is 1.23. The lowest BCUT2D eigenvalue weighted by Crippen LogP contribution is -2.58. The van der Waals surface area contributed by atoms with E-state index in [1.165, 1.54) is 29.3 Å². The molecule has 1 fully saturated rings. The van der Waals surface area contributed by atoms with E-state index < -0.39 is 23.2 Å². The van der Waals surface area contributed by atoms with E-state index in [1.54, 1.807) is 11.8 Å². The quantitative estimate of drug-likeness (QED) is 0.911. The zero-order valence-corrected chi connectivity index (χ0v) is 15.1. The molecule has 7 heteroatoms. The number of carbonyl (C=O) groups is 2. The van der Waals surface area contributed by atoms with Gasteiger partial charge in [0.2, 0.25) is 11.3 Å². The molecule has 0 aliphatic carbocycles. The maximum atomic E-state index is 13.8. The number of amides is 2. The fourth-order valence-electron chi connectivity index (χ4n) is 3.36. The van der Waals surface area contributed by atoms with Crippen molar-refractivity contribution >= 4 is 22.7 Å². The molecule has 0 saturated carbocycles. The van der Waals surface area contributed by atoms with Gasteiger partial charge in [-0.3, -0.25) is 14.4 Å². The molecule has 3 rings (SSSR count). The van der Waals surface area contributed by atoms with Gasteiger partial charge in [0, 0.05) is 31.2 Å². The highest BCUT2D eigenvalue weighted by molar-refractivity contribution is 6.00. The van der Waals surface area contributed by atoms with Gasteiger partial charge in [-0.2, -0.15) is 0 Å². The molecule has 6 nitrogen and oxygen atoms in total. The van der Waals surface area contributed by atoms with Gasteiger partial charge in [-0.1, -0.05) is 19.9 Å². The molecular weight excluding hydrogens is 337 g/mol. The fourth-order valence-corrected chi connectivity index (χ4v) is 3.36. The van der Waals surface area contributed by atoms with Crippen LogP contribution < -0.4 is 5.43 Å². The highest BCUT2D eigenvalue weighted by Crippen LogP contribution is 2.17. The van der Waals surface area contributed by atoms with E-state index in [1.807, 2.05) is 13.8 Å². The number of aromatic nitrogens is 1. The van der Waals surface area contributed by atoms with Crippen molar-refractivity contribution in [2.45, 2.75) is 26.8 Å². The molecule has 1 aliphatic rings. The molecular formula is C19H22FN3O3. The zero-order valence-electron chi connectivity index (χ0n) is 15.1. The lowest BCUT2D eigenvalue weighted by molar-refractivity contribution is -0.140. The molecule has 2 heterocycles. The first-order valence-corrected chi connectivity index (χ1v) is 8.71. The summed E-state index contributed by atoms with van der Waals surface area (Å²) >= 11 is 0. The number of hydrogen-bond donors (Lipinski definition) is 1. The van der Waals surface area contributed by atoms with Gasteiger partial charge in [0.25, 0.3) is 5.91 Å². The van der Waals surface area contributed by atoms with E-state index in [4.69, 9.17) is 0 Å². The van der Waals surface area contributed by atoms with Crippen molar-refractivity contribution < 1.29 is 14.0 Å². The van der Waals surface area contributed by atoms with Gasteiger partial charge in [-0.05, 0) is 25.0 Å². The van der Waals surface area contributed by atoms with E-state index >= 15 is 0 Å². The number of nitrogens with one attached hydrogen (secondary N) is 1. The van der Waals surface area contributed by atoms with Crippen molar-refractivity contribution in [3.05, 3.63) is 46.0 Å². The Balaban J connectivity index is 1.91. The summed E-state index contributed by atoms with van der Waals surface area (Å²) in [7, 11) is 0. The smallest absolute Gasteiger partial charge is 0.260 e. The molecule has 1 aliphatic heterocycles. The highest BCUT2D eigenvalue weighted by atomic mass is 19.1. The number of carbonyl (C=O) groups excluding carboxylic acids is 2. The van der Waals surface area contributed by atoms with Gasteiger partial charge in [0.05, 0.1) is 5.52 Å². The van der Waals surface area contributed by atoms with Crippen molar-refractivity contribution in [1.82, 2.24) is 14.8 Å². The predicted octanol–water partition coefficient (Wildman–Crippen LogP) is 2.00. The fraction of sp³-hybridized carbons (Fsp3) is 0.421. The number of para-hydroxylation sites is 1. The van der Waals surface area contributed by atoms with Crippen LogP contribution in [0.25, 0.3) is 10.9 Å². The summed E-state index contributed by atoms with van der Waals surface area (Å²) in [6.45, 7) is 7.17. The standard InChI is InChI=1S/C19H22FN3O3/c1-11(2)10-22-7-8-23(12(3)18(22)25)19(26)14-9-21-16-13(17(14)24)5-4-6-15(16)20/h4-6,9,11-12H,7-8,10H2,1-3H3,(H,21,24). The molecule has 0 radical (unpaired) electrons. The van der Waals surface area contributed by atoms with Crippen LogP contribution in [0.2, 0.25) is 0 Å². The minimum absolute atomic E-state index is 0.0694. The Morgan fingerprint density at radius 1 is 1.31 bits per heavy atom. The number of pyridine rings is 1. The third kappa shape index (κ3) is 3.09. The molecule has 26 heavy (non-hydrogen) atoms.